The number of rotatable bonds is 6. The number of fused-ring (bicyclic) bond motifs is 2. The molecule has 0 radical (unpaired) electrons. The molecule has 1 spiro atoms. The Balaban J connectivity index is 1.42. The summed E-state index contributed by atoms with van der Waals surface area (Å²) in [4.78, 5) is 62.0. The summed E-state index contributed by atoms with van der Waals surface area (Å²) in [5.74, 6) is -2.96. The van der Waals surface area contributed by atoms with E-state index in [1.54, 1.807) is 16.8 Å². The lowest BCUT2D eigenvalue weighted by Crippen LogP contribution is -2.58. The molecule has 1 N–H and O–H groups in total. The number of likely N-dealkylation sites (tertiary alicyclic amines) is 1. The van der Waals surface area contributed by atoms with Crippen LogP contribution in [-0.4, -0.2) is 100 Å². The Kier molecular flexibility index (Phi) is 9.66. The minimum atomic E-state index is -1.28. The van der Waals surface area contributed by atoms with Crippen molar-refractivity contribution in [2.45, 2.75) is 101 Å². The number of nitrogens with zero attached hydrogens (tertiary/aromatic N) is 3. The number of allylic oxidation sites excluding steroid dienone is 1. The molecule has 10 nitrogen and oxygen atoms in total. The van der Waals surface area contributed by atoms with E-state index in [0.717, 1.165) is 37.7 Å². The number of likely N-dealkylation sites (N-methyl/N-ethyl adjacent to an activating group) is 1. The number of esters is 1. The molecule has 1 saturated carbocycles. The lowest BCUT2D eigenvalue weighted by molar-refractivity contribution is -0.164. The molecular formula is C36H47N3O7. The zero-order chi connectivity index (χ0) is 32.4. The molecule has 46 heavy (non-hydrogen) atoms. The van der Waals surface area contributed by atoms with Gasteiger partial charge in [-0.2, -0.15) is 0 Å². The van der Waals surface area contributed by atoms with Gasteiger partial charge in [0, 0.05) is 39.2 Å². The zero-order valence-electron chi connectivity index (χ0n) is 27.0. The summed E-state index contributed by atoms with van der Waals surface area (Å²) in [6.45, 7) is 2.50. The van der Waals surface area contributed by atoms with E-state index >= 15 is 0 Å². The molecule has 5 aliphatic rings. The van der Waals surface area contributed by atoms with Crippen LogP contribution >= 0.6 is 0 Å². The molecule has 1 aromatic rings. The van der Waals surface area contributed by atoms with E-state index in [9.17, 15) is 24.3 Å². The van der Waals surface area contributed by atoms with Gasteiger partial charge in [-0.15, -0.1) is 0 Å². The van der Waals surface area contributed by atoms with E-state index in [0.29, 0.717) is 25.8 Å². The van der Waals surface area contributed by atoms with Crippen molar-refractivity contribution in [1.29, 1.82) is 0 Å². The molecule has 1 aliphatic carbocycles. The van der Waals surface area contributed by atoms with Gasteiger partial charge in [-0.05, 0) is 44.6 Å². The zero-order valence-corrected chi connectivity index (χ0v) is 27.0. The first kappa shape index (κ1) is 32.4. The minimum absolute atomic E-state index is 0.0162. The fourth-order valence-corrected chi connectivity index (χ4v) is 8.23. The van der Waals surface area contributed by atoms with E-state index in [2.05, 4.69) is 0 Å². The van der Waals surface area contributed by atoms with Crippen LogP contribution in [0.15, 0.2) is 54.6 Å². The van der Waals surface area contributed by atoms with Gasteiger partial charge in [0.05, 0.1) is 18.1 Å². The molecule has 7 atom stereocenters. The van der Waals surface area contributed by atoms with E-state index in [1.165, 1.54) is 0 Å². The molecule has 10 heteroatoms. The number of benzene rings is 1. The Morgan fingerprint density at radius 1 is 0.978 bits per heavy atom. The number of aliphatic hydroxyl groups excluding tert-OH is 1. The van der Waals surface area contributed by atoms with Crippen LogP contribution in [0.5, 0.6) is 0 Å². The van der Waals surface area contributed by atoms with Crippen molar-refractivity contribution in [3.8, 4) is 0 Å². The maximum Gasteiger partial charge on any atom is 0.313 e. The Morgan fingerprint density at radius 3 is 2.48 bits per heavy atom. The molecule has 2 saturated heterocycles. The molecule has 3 fully saturated rings. The highest BCUT2D eigenvalue weighted by Crippen LogP contribution is 2.56. The summed E-state index contributed by atoms with van der Waals surface area (Å²) in [6, 6.07) is 7.97. The third kappa shape index (κ3) is 5.79. The van der Waals surface area contributed by atoms with Crippen molar-refractivity contribution in [1.82, 2.24) is 14.7 Å². The van der Waals surface area contributed by atoms with Crippen LogP contribution in [0.25, 0.3) is 0 Å². The number of hydrogen-bond donors (Lipinski definition) is 1. The Hall–Kier alpha value is -3.50. The van der Waals surface area contributed by atoms with Crippen LogP contribution in [0.4, 0.5) is 0 Å². The van der Waals surface area contributed by atoms with E-state index < -0.39 is 47.7 Å². The predicted octanol–water partition coefficient (Wildman–Crippen LogP) is 3.55. The predicted molar refractivity (Wildman–Crippen MR) is 170 cm³/mol. The first-order valence-corrected chi connectivity index (χ1v) is 17.0. The molecule has 4 heterocycles. The van der Waals surface area contributed by atoms with Crippen LogP contribution in [0, 0.1) is 11.8 Å². The number of aliphatic hydroxyl groups is 1. The highest BCUT2D eigenvalue weighted by Gasteiger charge is 2.73. The second-order valence-corrected chi connectivity index (χ2v) is 13.5. The SMILES string of the molecule is C[C@@H]1[C@@H](c2ccccc2)OC(=O)[C@@H]2[C@@H]3C=C[C@]4(O3)[C@H](C(=O)N(C3CCCCC3)C/C=C\CCC(=O)N1C)N(CCCCO)C(=O)[C@@H]24. The largest absolute Gasteiger partial charge is 0.455 e. The summed E-state index contributed by atoms with van der Waals surface area (Å²) in [5.41, 5.74) is -0.540. The van der Waals surface area contributed by atoms with Crippen LogP contribution in [0.2, 0.25) is 0 Å². The molecule has 4 aliphatic heterocycles. The molecule has 1 aromatic carbocycles. The van der Waals surface area contributed by atoms with E-state index in [1.807, 2.05) is 66.5 Å². The summed E-state index contributed by atoms with van der Waals surface area (Å²) < 4.78 is 12.9. The maximum absolute atomic E-state index is 14.8. The standard InChI is InChI=1S/C36H47N3O7/c1-24-31(25-14-6-3-7-15-25)45-35(44)29-27-19-20-36(46-27)30(29)33(42)39(22-12-13-23-40)32(36)34(43)38(26-16-8-4-9-17-26)21-11-5-10-18-28(41)37(24)2/h3,5-7,11,14-15,19-20,24,26-27,29-32,40H,4,8-10,12-13,16-18,21-23H2,1-2H3/b11-5-/t24-,27+,29-,30-,31+,32+,36-/m1/s1. The monoisotopic (exact) mass is 633 g/mol. The quantitative estimate of drug-likeness (QED) is 0.289. The van der Waals surface area contributed by atoms with Crippen LogP contribution in [-0.2, 0) is 28.7 Å². The molecule has 5 bridgehead atoms. The normalized spacial score (nSPS) is 34.7. The molecule has 0 aromatic heterocycles. The molecule has 0 unspecified atom stereocenters. The topological polar surface area (TPSA) is 117 Å². The molecule has 6 rings (SSSR count). The lowest BCUT2D eigenvalue weighted by Gasteiger charge is -2.40. The van der Waals surface area contributed by atoms with Crippen molar-refractivity contribution in [3.05, 3.63) is 60.2 Å². The number of ether oxygens (including phenoxy) is 2. The molecule has 3 amide bonds. The third-order valence-corrected chi connectivity index (χ3v) is 10.8. The van der Waals surface area contributed by atoms with Crippen LogP contribution in [0.3, 0.4) is 0 Å². The van der Waals surface area contributed by atoms with Crippen LogP contribution in [0.1, 0.15) is 76.4 Å². The number of hydrogen-bond acceptors (Lipinski definition) is 7. The van der Waals surface area contributed by atoms with E-state index in [4.69, 9.17) is 9.47 Å². The van der Waals surface area contributed by atoms with Gasteiger partial charge in [0.2, 0.25) is 17.7 Å². The molecular weight excluding hydrogens is 586 g/mol. The summed E-state index contributed by atoms with van der Waals surface area (Å²) in [6.07, 6.45) is 12.9. The second-order valence-electron chi connectivity index (χ2n) is 13.5. The number of cyclic esters (lactones) is 1. The third-order valence-electron chi connectivity index (χ3n) is 10.8. The van der Waals surface area contributed by atoms with Gasteiger partial charge in [0.1, 0.15) is 23.7 Å². The van der Waals surface area contributed by atoms with Gasteiger partial charge in [-0.25, -0.2) is 0 Å². The second kappa shape index (κ2) is 13.7. The fourth-order valence-electron chi connectivity index (χ4n) is 8.23. The Morgan fingerprint density at radius 2 is 1.74 bits per heavy atom. The first-order valence-electron chi connectivity index (χ1n) is 17.0. The van der Waals surface area contributed by atoms with Gasteiger partial charge in [0.25, 0.3) is 0 Å². The summed E-state index contributed by atoms with van der Waals surface area (Å²) in [7, 11) is 1.73. The maximum atomic E-state index is 14.8. The minimum Gasteiger partial charge on any atom is -0.455 e. The number of carbonyl (C=O) groups excluding carboxylic acids is 4. The number of amides is 3. The van der Waals surface area contributed by atoms with Gasteiger partial charge in [-0.3, -0.25) is 19.2 Å². The van der Waals surface area contributed by atoms with Gasteiger partial charge >= 0.3 is 5.97 Å². The van der Waals surface area contributed by atoms with Gasteiger partial charge in [0.15, 0.2) is 0 Å². The van der Waals surface area contributed by atoms with Crippen molar-refractivity contribution < 1.29 is 33.8 Å². The van der Waals surface area contributed by atoms with Crippen LogP contribution < -0.4 is 0 Å². The van der Waals surface area contributed by atoms with E-state index in [-0.39, 0.29) is 43.3 Å². The van der Waals surface area contributed by atoms with Crippen molar-refractivity contribution in [2.24, 2.45) is 11.8 Å². The van der Waals surface area contributed by atoms with Gasteiger partial charge < -0.3 is 29.3 Å². The van der Waals surface area contributed by atoms with Crippen molar-refractivity contribution in [3.63, 3.8) is 0 Å². The fraction of sp³-hybridized carbons (Fsp3) is 0.611. The number of unbranched alkanes of at least 4 members (excludes halogenated alkanes) is 1. The average Bonchev–Trinajstić information content (AvgIpc) is 3.72. The summed E-state index contributed by atoms with van der Waals surface area (Å²) >= 11 is 0. The Labute approximate surface area is 271 Å². The smallest absolute Gasteiger partial charge is 0.313 e. The lowest BCUT2D eigenvalue weighted by atomic mass is 9.74. The average molecular weight is 634 g/mol. The molecule has 248 valence electrons. The number of carbonyl (C=O) groups is 4. The van der Waals surface area contributed by atoms with Crippen molar-refractivity contribution >= 4 is 23.7 Å². The first-order chi connectivity index (χ1) is 22.3. The van der Waals surface area contributed by atoms with Gasteiger partial charge in [-0.1, -0.05) is 73.9 Å². The highest BCUT2D eigenvalue weighted by atomic mass is 16.6. The van der Waals surface area contributed by atoms with Crippen molar-refractivity contribution in [2.75, 3.05) is 26.7 Å². The highest BCUT2D eigenvalue weighted by molar-refractivity contribution is 5.99. The summed E-state index contributed by atoms with van der Waals surface area (Å²) in [5, 5.41) is 9.51. The Bertz CT molecular complexity index is 1360.